The molecule has 2 aromatic carbocycles. The van der Waals surface area contributed by atoms with Gasteiger partial charge < -0.3 is 19.7 Å². The molecule has 2 saturated heterocycles. The lowest BCUT2D eigenvalue weighted by Gasteiger charge is -2.29. The van der Waals surface area contributed by atoms with Crippen molar-refractivity contribution in [2.75, 3.05) is 30.5 Å². The smallest absolute Gasteiger partial charge is 0.339 e. The predicted octanol–water partition coefficient (Wildman–Crippen LogP) is 3.19. The minimum Gasteiger partial charge on any atom is -0.495 e. The topological polar surface area (TPSA) is 71.1 Å². The number of benzene rings is 2. The molecule has 2 aliphatic heterocycles. The largest absolute Gasteiger partial charge is 0.495 e. The molecule has 0 saturated carbocycles. The average Bonchev–Trinajstić information content (AvgIpc) is 3.37. The molecule has 2 aliphatic rings. The number of urea groups is 1. The summed E-state index contributed by atoms with van der Waals surface area (Å²) >= 11 is 4.08. The van der Waals surface area contributed by atoms with Gasteiger partial charge in [0.05, 0.1) is 31.5 Å². The van der Waals surface area contributed by atoms with Crippen LogP contribution in [0.3, 0.4) is 0 Å². The molecule has 2 aromatic rings. The maximum atomic E-state index is 12.6. The average molecular weight is 399 g/mol. The van der Waals surface area contributed by atoms with Crippen LogP contribution in [0.1, 0.15) is 16.8 Å². The van der Waals surface area contributed by atoms with E-state index in [0.29, 0.717) is 29.6 Å². The lowest BCUT2D eigenvalue weighted by atomic mass is 10.2. The van der Waals surface area contributed by atoms with Crippen molar-refractivity contribution < 1.29 is 19.1 Å². The molecule has 0 radical (unpaired) electrons. The van der Waals surface area contributed by atoms with E-state index in [1.807, 2.05) is 12.1 Å². The van der Waals surface area contributed by atoms with Gasteiger partial charge in [0.1, 0.15) is 5.75 Å². The number of thiol groups is 1. The number of hydrogen-bond acceptors (Lipinski definition) is 6. The van der Waals surface area contributed by atoms with E-state index in [1.165, 1.54) is 7.11 Å². The molecule has 7 nitrogen and oxygen atoms in total. The fourth-order valence-electron chi connectivity index (χ4n) is 3.65. The van der Waals surface area contributed by atoms with Crippen LogP contribution < -0.4 is 15.0 Å². The van der Waals surface area contributed by atoms with Crippen molar-refractivity contribution >= 4 is 36.1 Å². The number of hydrogen-bond donors (Lipinski definition) is 2. The number of morpholine rings is 1. The number of nitrogens with zero attached hydrogens (tertiary/aromatic N) is 2. The van der Waals surface area contributed by atoms with Crippen LogP contribution in [-0.4, -0.2) is 48.7 Å². The highest BCUT2D eigenvalue weighted by molar-refractivity contribution is 7.79. The Kier molecular flexibility index (Phi) is 5.15. The van der Waals surface area contributed by atoms with E-state index < -0.39 is 11.9 Å². The van der Waals surface area contributed by atoms with Crippen LogP contribution in [0.2, 0.25) is 0 Å². The van der Waals surface area contributed by atoms with Gasteiger partial charge in [-0.2, -0.15) is 0 Å². The Morgan fingerprint density at radius 3 is 2.68 bits per heavy atom. The first-order chi connectivity index (χ1) is 13.6. The second kappa shape index (κ2) is 7.73. The number of rotatable bonds is 4. The van der Waals surface area contributed by atoms with Gasteiger partial charge in [-0.3, -0.25) is 4.79 Å². The van der Waals surface area contributed by atoms with Gasteiger partial charge in [-0.15, -0.1) is 0 Å². The predicted molar refractivity (Wildman–Crippen MR) is 109 cm³/mol. The van der Waals surface area contributed by atoms with Crippen molar-refractivity contribution in [3.05, 3.63) is 54.1 Å². The molecule has 2 atom stereocenters. The van der Waals surface area contributed by atoms with Gasteiger partial charge in [-0.05, 0) is 36.8 Å². The Balaban J connectivity index is 1.52. The Morgan fingerprint density at radius 2 is 2.04 bits per heavy atom. The second-order valence-corrected chi connectivity index (χ2v) is 7.19. The Labute approximate surface area is 168 Å². The summed E-state index contributed by atoms with van der Waals surface area (Å²) < 4.78 is 11.8. The SMILES string of the molecule is COc1ccc(N2C[C@@H]3C[C@H]2CO3)cc1NC(=O)N(S)C(=O)c1ccccc1. The molecule has 2 heterocycles. The van der Waals surface area contributed by atoms with Gasteiger partial charge in [0.2, 0.25) is 0 Å². The maximum Gasteiger partial charge on any atom is 0.339 e. The fourth-order valence-corrected chi connectivity index (χ4v) is 3.82. The van der Waals surface area contributed by atoms with E-state index in [4.69, 9.17) is 9.47 Å². The Hall–Kier alpha value is -2.71. The number of imide groups is 1. The summed E-state index contributed by atoms with van der Waals surface area (Å²) in [4.78, 5) is 27.3. The molecular weight excluding hydrogens is 378 g/mol. The molecular formula is C20H21N3O4S. The van der Waals surface area contributed by atoms with Gasteiger partial charge in [0.25, 0.3) is 5.91 Å². The Morgan fingerprint density at radius 1 is 1.25 bits per heavy atom. The summed E-state index contributed by atoms with van der Waals surface area (Å²) in [5.41, 5.74) is 1.84. The van der Waals surface area contributed by atoms with Gasteiger partial charge >= 0.3 is 6.03 Å². The van der Waals surface area contributed by atoms with E-state index in [9.17, 15) is 9.59 Å². The van der Waals surface area contributed by atoms with Crippen LogP contribution in [0.25, 0.3) is 0 Å². The fraction of sp³-hybridized carbons (Fsp3) is 0.300. The number of nitrogens with one attached hydrogen (secondary N) is 1. The number of ether oxygens (including phenoxy) is 2. The molecule has 8 heteroatoms. The zero-order valence-corrected chi connectivity index (χ0v) is 16.3. The maximum absolute atomic E-state index is 12.6. The van der Waals surface area contributed by atoms with Crippen LogP contribution >= 0.6 is 12.8 Å². The highest BCUT2D eigenvalue weighted by Crippen LogP contribution is 2.36. The molecule has 3 amide bonds. The minimum atomic E-state index is -0.654. The number of fused-ring (bicyclic) bond motifs is 2. The molecule has 0 unspecified atom stereocenters. The summed E-state index contributed by atoms with van der Waals surface area (Å²) in [5.74, 6) is -0.00263. The first-order valence-electron chi connectivity index (χ1n) is 9.02. The number of anilines is 2. The van der Waals surface area contributed by atoms with Crippen molar-refractivity contribution in [3.8, 4) is 5.75 Å². The zero-order valence-electron chi connectivity index (χ0n) is 15.4. The van der Waals surface area contributed by atoms with Crippen LogP contribution in [0.15, 0.2) is 48.5 Å². The zero-order chi connectivity index (χ0) is 19.7. The van der Waals surface area contributed by atoms with E-state index >= 15 is 0 Å². The molecule has 4 rings (SSSR count). The van der Waals surface area contributed by atoms with Crippen molar-refractivity contribution in [2.24, 2.45) is 0 Å². The number of amides is 3. The summed E-state index contributed by atoms with van der Waals surface area (Å²) in [6.07, 6.45) is 1.28. The molecule has 0 spiro atoms. The van der Waals surface area contributed by atoms with Crippen LogP contribution in [-0.2, 0) is 4.74 Å². The minimum absolute atomic E-state index is 0.265. The molecule has 1 N–H and O–H groups in total. The summed E-state index contributed by atoms with van der Waals surface area (Å²) in [6, 6.07) is 13.8. The van der Waals surface area contributed by atoms with E-state index in [2.05, 4.69) is 23.0 Å². The molecule has 0 aliphatic carbocycles. The summed E-state index contributed by atoms with van der Waals surface area (Å²) in [7, 11) is 1.53. The molecule has 146 valence electrons. The van der Waals surface area contributed by atoms with Crippen LogP contribution in [0.4, 0.5) is 16.2 Å². The van der Waals surface area contributed by atoms with Crippen molar-refractivity contribution in [1.29, 1.82) is 0 Å². The van der Waals surface area contributed by atoms with E-state index in [0.717, 1.165) is 23.0 Å². The number of methoxy groups -OCH3 is 1. The number of carbonyl (C=O) groups is 2. The lowest BCUT2D eigenvalue weighted by molar-refractivity contribution is 0.0901. The van der Waals surface area contributed by atoms with Gasteiger partial charge in [-0.1, -0.05) is 31.0 Å². The third-order valence-corrected chi connectivity index (χ3v) is 5.43. The first kappa shape index (κ1) is 18.6. The van der Waals surface area contributed by atoms with Gasteiger partial charge in [-0.25, -0.2) is 9.10 Å². The molecule has 2 fully saturated rings. The first-order valence-corrected chi connectivity index (χ1v) is 9.42. The summed E-state index contributed by atoms with van der Waals surface area (Å²) in [6.45, 7) is 1.55. The van der Waals surface area contributed by atoms with E-state index in [-0.39, 0.29) is 6.10 Å². The highest BCUT2D eigenvalue weighted by atomic mass is 32.1. The summed E-state index contributed by atoms with van der Waals surface area (Å²) in [5, 5.41) is 2.73. The van der Waals surface area contributed by atoms with E-state index in [1.54, 1.807) is 36.4 Å². The van der Waals surface area contributed by atoms with Gasteiger partial charge in [0.15, 0.2) is 0 Å². The number of carbonyl (C=O) groups excluding carboxylic acids is 2. The lowest BCUT2D eigenvalue weighted by Crippen LogP contribution is -2.37. The van der Waals surface area contributed by atoms with Crippen molar-refractivity contribution in [3.63, 3.8) is 0 Å². The third kappa shape index (κ3) is 3.53. The Bertz CT molecular complexity index is 892. The standard InChI is InChI=1S/C20H21N3O4S/c1-26-18-8-7-14(22-11-16-9-15(22)12-27-16)10-17(18)21-20(25)23(28)19(24)13-5-3-2-4-6-13/h2-8,10,15-16,28H,9,11-12H2,1H3,(H,21,25)/t15-,16-/m0/s1. The van der Waals surface area contributed by atoms with Crippen molar-refractivity contribution in [2.45, 2.75) is 18.6 Å². The molecule has 0 aromatic heterocycles. The van der Waals surface area contributed by atoms with Crippen LogP contribution in [0.5, 0.6) is 5.75 Å². The monoisotopic (exact) mass is 399 g/mol. The van der Waals surface area contributed by atoms with Crippen molar-refractivity contribution in [1.82, 2.24) is 4.31 Å². The van der Waals surface area contributed by atoms with Crippen LogP contribution in [0, 0.1) is 0 Å². The molecule has 28 heavy (non-hydrogen) atoms. The molecule has 2 bridgehead atoms. The quantitative estimate of drug-likeness (QED) is 0.773. The second-order valence-electron chi connectivity index (χ2n) is 6.79. The van der Waals surface area contributed by atoms with Gasteiger partial charge in [0, 0.05) is 17.8 Å². The third-order valence-electron chi connectivity index (χ3n) is 5.06. The normalized spacial score (nSPS) is 20.1. The highest BCUT2D eigenvalue weighted by Gasteiger charge is 2.39.